The monoisotopic (exact) mass is 152 g/mol. The highest BCUT2D eigenvalue weighted by atomic mass is 35.7. The summed E-state index contributed by atoms with van der Waals surface area (Å²) in [6.07, 6.45) is 0. The predicted octanol–water partition coefficient (Wildman–Crippen LogP) is 2.24. The van der Waals surface area contributed by atoms with Gasteiger partial charge in [-0.05, 0) is 42.4 Å². The van der Waals surface area contributed by atoms with Crippen LogP contribution in [0.5, 0.6) is 0 Å². The van der Waals surface area contributed by atoms with Crippen molar-refractivity contribution in [3.05, 3.63) is 0 Å². The molecule has 0 bridgehead atoms. The van der Waals surface area contributed by atoms with E-state index in [2.05, 4.69) is 0 Å². The summed E-state index contributed by atoms with van der Waals surface area (Å²) in [6.45, 7) is 5.13. The van der Waals surface area contributed by atoms with Gasteiger partial charge in [0.2, 0.25) is 0 Å². The Balaban J connectivity index is 3.91. The van der Waals surface area contributed by atoms with Crippen molar-refractivity contribution in [3.63, 3.8) is 0 Å². The first kappa shape index (κ1) is 8.31. The van der Waals surface area contributed by atoms with Gasteiger partial charge in [-0.2, -0.15) is 0 Å². The second-order valence-electron chi connectivity index (χ2n) is 2.14. The minimum absolute atomic E-state index is 0.109. The molecule has 0 spiro atoms. The van der Waals surface area contributed by atoms with Gasteiger partial charge in [0.1, 0.15) is 5.78 Å². The zero-order valence-corrected chi connectivity index (χ0v) is 6.77. The van der Waals surface area contributed by atoms with Crippen molar-refractivity contribution in [1.29, 1.82) is 0 Å². The van der Waals surface area contributed by atoms with E-state index in [1.165, 1.54) is 6.92 Å². The van der Waals surface area contributed by atoms with Gasteiger partial charge >= 0.3 is 0 Å². The first-order chi connectivity index (χ1) is 3.50. The molecular weight excluding hydrogens is 144 g/mol. The lowest BCUT2D eigenvalue weighted by Crippen LogP contribution is -2.22. The largest absolute Gasteiger partial charge is 0.298 e. The van der Waals surface area contributed by atoms with E-state index in [1.807, 2.05) is 0 Å². The summed E-state index contributed by atoms with van der Waals surface area (Å²) in [6, 6.07) is 0. The quantitative estimate of drug-likeness (QED) is 0.604. The van der Waals surface area contributed by atoms with E-state index in [9.17, 15) is 4.79 Å². The van der Waals surface area contributed by atoms with Crippen molar-refractivity contribution in [3.8, 4) is 0 Å². The fourth-order valence-electron chi connectivity index (χ4n) is 0.0543. The molecule has 0 unspecified atom stereocenters. The Bertz CT molecular complexity index is 101. The smallest absolute Gasteiger partial charge is 0.146 e. The summed E-state index contributed by atoms with van der Waals surface area (Å²) in [4.78, 5) is 10.6. The highest BCUT2D eigenvalue weighted by molar-refractivity contribution is 8.22. The van der Waals surface area contributed by atoms with Crippen LogP contribution in [-0.2, 0) is 4.79 Å². The van der Waals surface area contributed by atoms with E-state index in [0.717, 1.165) is 11.0 Å². The molecule has 0 rings (SSSR count). The van der Waals surface area contributed by atoms with Gasteiger partial charge < -0.3 is 0 Å². The molecule has 0 aromatic heterocycles. The number of hydrogen-bond acceptors (Lipinski definition) is 2. The normalized spacial score (nSPS) is 11.5. The van der Waals surface area contributed by atoms with Crippen LogP contribution >= 0.6 is 21.7 Å². The van der Waals surface area contributed by atoms with Crippen LogP contribution in [0.25, 0.3) is 0 Å². The molecule has 0 saturated heterocycles. The number of hydrogen-bond donors (Lipinski definition) is 0. The van der Waals surface area contributed by atoms with Crippen LogP contribution < -0.4 is 0 Å². The van der Waals surface area contributed by atoms with Crippen molar-refractivity contribution in [2.45, 2.75) is 25.5 Å². The summed E-state index contributed by atoms with van der Waals surface area (Å²) in [5, 5.41) is 0. The van der Waals surface area contributed by atoms with E-state index in [4.69, 9.17) is 10.7 Å². The van der Waals surface area contributed by atoms with Gasteiger partial charge in [-0.1, -0.05) is 0 Å². The van der Waals surface area contributed by atoms with E-state index < -0.39 is 4.75 Å². The Morgan fingerprint density at radius 2 is 2.00 bits per heavy atom. The second-order valence-corrected chi connectivity index (χ2v) is 3.78. The topological polar surface area (TPSA) is 17.1 Å². The van der Waals surface area contributed by atoms with E-state index in [-0.39, 0.29) is 5.78 Å². The maximum atomic E-state index is 10.6. The third-order valence-electron chi connectivity index (χ3n) is 1.04. The zero-order chi connectivity index (χ0) is 6.78. The molecule has 0 atom stereocenters. The Hall–Kier alpha value is 0.310. The molecule has 48 valence electrons. The zero-order valence-electron chi connectivity index (χ0n) is 5.19. The van der Waals surface area contributed by atoms with Gasteiger partial charge in [-0.15, -0.1) is 0 Å². The molecule has 0 N–H and O–H groups in total. The number of Topliss-reactive ketones (excluding diaryl/α,β-unsaturated/α-hetero) is 1. The third kappa shape index (κ3) is 2.05. The molecule has 0 fully saturated rings. The lowest BCUT2D eigenvalue weighted by atomic mass is 10.1. The van der Waals surface area contributed by atoms with Gasteiger partial charge in [0.25, 0.3) is 0 Å². The molecule has 1 nitrogen and oxygen atoms in total. The number of halogens is 1. The standard InChI is InChI=1S/C5H9ClOS/c1-4(7)5(2,3)8-6/h1-3H3. The maximum Gasteiger partial charge on any atom is 0.146 e. The van der Waals surface area contributed by atoms with Crippen LogP contribution in [-0.4, -0.2) is 10.5 Å². The van der Waals surface area contributed by atoms with Crippen LogP contribution in [0.2, 0.25) is 0 Å². The summed E-state index contributed by atoms with van der Waals surface area (Å²) in [5.74, 6) is 0.109. The number of carbonyl (C=O) groups is 1. The predicted molar refractivity (Wildman–Crippen MR) is 38.2 cm³/mol. The molecule has 0 radical (unpaired) electrons. The first-order valence-corrected chi connectivity index (χ1v) is 3.96. The molecule has 3 heteroatoms. The average molecular weight is 153 g/mol. The minimum Gasteiger partial charge on any atom is -0.298 e. The molecule has 0 aliphatic carbocycles. The summed E-state index contributed by atoms with van der Waals surface area (Å²) in [5.41, 5.74) is 0. The molecule has 0 saturated carbocycles. The van der Waals surface area contributed by atoms with Gasteiger partial charge in [0.15, 0.2) is 0 Å². The lowest BCUT2D eigenvalue weighted by molar-refractivity contribution is -0.118. The second kappa shape index (κ2) is 2.74. The van der Waals surface area contributed by atoms with Crippen LogP contribution in [0, 0.1) is 0 Å². The highest BCUT2D eigenvalue weighted by Gasteiger charge is 2.22. The summed E-state index contributed by atoms with van der Waals surface area (Å²) in [7, 11) is 6.44. The van der Waals surface area contributed by atoms with Gasteiger partial charge in [0, 0.05) is 0 Å². The van der Waals surface area contributed by atoms with Crippen LogP contribution in [0.4, 0.5) is 0 Å². The fourth-order valence-corrected chi connectivity index (χ4v) is 0.489. The molecule has 0 aliphatic heterocycles. The SMILES string of the molecule is CC(=O)C(C)(C)SCl. The molecular formula is C5H9ClOS. The van der Waals surface area contributed by atoms with E-state index >= 15 is 0 Å². The highest BCUT2D eigenvalue weighted by Crippen LogP contribution is 2.28. The van der Waals surface area contributed by atoms with Crippen molar-refractivity contribution < 1.29 is 4.79 Å². The van der Waals surface area contributed by atoms with Crippen LogP contribution in [0.3, 0.4) is 0 Å². The Kier molecular flexibility index (Phi) is 2.84. The summed E-state index contributed by atoms with van der Waals surface area (Å²) >= 11 is 0. The molecule has 8 heavy (non-hydrogen) atoms. The lowest BCUT2D eigenvalue weighted by Gasteiger charge is -2.14. The Labute approximate surface area is 58.3 Å². The number of ketones is 1. The Morgan fingerprint density at radius 3 is 2.00 bits per heavy atom. The number of carbonyl (C=O) groups excluding carboxylic acids is 1. The molecule has 0 heterocycles. The van der Waals surface area contributed by atoms with E-state index in [1.54, 1.807) is 13.8 Å². The maximum absolute atomic E-state index is 10.6. The molecule has 0 amide bonds. The van der Waals surface area contributed by atoms with Crippen molar-refractivity contribution in [2.24, 2.45) is 0 Å². The fraction of sp³-hybridized carbons (Fsp3) is 0.800. The molecule has 0 aromatic rings. The first-order valence-electron chi connectivity index (χ1n) is 2.31. The Morgan fingerprint density at radius 1 is 1.62 bits per heavy atom. The van der Waals surface area contributed by atoms with Crippen LogP contribution in [0.1, 0.15) is 20.8 Å². The van der Waals surface area contributed by atoms with Crippen LogP contribution in [0.15, 0.2) is 0 Å². The van der Waals surface area contributed by atoms with Crippen molar-refractivity contribution >= 4 is 27.4 Å². The summed E-state index contributed by atoms with van der Waals surface area (Å²) < 4.78 is -0.415. The van der Waals surface area contributed by atoms with Crippen molar-refractivity contribution in [1.82, 2.24) is 0 Å². The van der Waals surface area contributed by atoms with E-state index in [0.29, 0.717) is 0 Å². The van der Waals surface area contributed by atoms with Gasteiger partial charge in [-0.25, -0.2) is 0 Å². The molecule has 0 aliphatic rings. The van der Waals surface area contributed by atoms with Crippen molar-refractivity contribution in [2.75, 3.05) is 0 Å². The number of rotatable bonds is 2. The van der Waals surface area contributed by atoms with Gasteiger partial charge in [0.05, 0.1) is 4.75 Å². The average Bonchev–Trinajstić information content (AvgIpc) is 1.67. The molecule has 0 aromatic carbocycles. The third-order valence-corrected chi connectivity index (χ3v) is 2.87. The van der Waals surface area contributed by atoms with Gasteiger partial charge in [-0.3, -0.25) is 4.79 Å². The minimum atomic E-state index is -0.415.